The number of rotatable bonds is 4. The van der Waals surface area contributed by atoms with Gasteiger partial charge in [0, 0.05) is 0 Å². The lowest BCUT2D eigenvalue weighted by molar-refractivity contribution is -0.116. The Bertz CT molecular complexity index is 819. The molecule has 1 aliphatic rings. The third-order valence-electron chi connectivity index (χ3n) is 3.02. The van der Waals surface area contributed by atoms with Gasteiger partial charge in [-0.3, -0.25) is 4.79 Å². The molecule has 1 amide bonds. The molecule has 7 heteroatoms. The average Bonchev–Trinajstić information content (AvgIpc) is 3.01. The SMILES string of the molecule is O=C1CSC(=NN=Cc2cccc(OC(=O)c3ccccc3)c2)N1. The van der Waals surface area contributed by atoms with Crippen molar-refractivity contribution in [3.63, 3.8) is 0 Å². The van der Waals surface area contributed by atoms with Crippen LogP contribution in [0, 0.1) is 0 Å². The first kappa shape index (κ1) is 15.9. The highest BCUT2D eigenvalue weighted by atomic mass is 32.2. The molecule has 1 N–H and O–H groups in total. The minimum absolute atomic E-state index is 0.0798. The van der Waals surface area contributed by atoms with Crippen LogP contribution in [0.25, 0.3) is 0 Å². The Labute approximate surface area is 142 Å². The lowest BCUT2D eigenvalue weighted by Crippen LogP contribution is -2.19. The zero-order chi connectivity index (χ0) is 16.8. The molecule has 0 saturated carbocycles. The minimum atomic E-state index is -0.421. The highest BCUT2D eigenvalue weighted by molar-refractivity contribution is 8.15. The Morgan fingerprint density at radius 2 is 2.00 bits per heavy atom. The fraction of sp³-hybridized carbons (Fsp3) is 0.0588. The number of nitrogens with one attached hydrogen (secondary N) is 1. The second-order valence-electron chi connectivity index (χ2n) is 4.81. The van der Waals surface area contributed by atoms with Crippen molar-refractivity contribution in [1.82, 2.24) is 5.32 Å². The summed E-state index contributed by atoms with van der Waals surface area (Å²) in [5, 5.41) is 10.9. The molecule has 0 spiro atoms. The number of carbonyl (C=O) groups excluding carboxylic acids is 2. The van der Waals surface area contributed by atoms with Crippen molar-refractivity contribution in [2.45, 2.75) is 0 Å². The summed E-state index contributed by atoms with van der Waals surface area (Å²) in [5.41, 5.74) is 1.21. The number of ether oxygens (including phenoxy) is 1. The van der Waals surface area contributed by atoms with Crippen LogP contribution in [0.4, 0.5) is 0 Å². The molecule has 24 heavy (non-hydrogen) atoms. The van der Waals surface area contributed by atoms with Crippen LogP contribution in [-0.2, 0) is 4.79 Å². The molecule has 1 aliphatic heterocycles. The summed E-state index contributed by atoms with van der Waals surface area (Å²) in [6, 6.07) is 15.7. The zero-order valence-electron chi connectivity index (χ0n) is 12.5. The van der Waals surface area contributed by atoms with Gasteiger partial charge in [-0.25, -0.2) is 4.79 Å². The molecule has 6 nitrogen and oxygen atoms in total. The number of amides is 1. The third-order valence-corrected chi connectivity index (χ3v) is 3.88. The maximum absolute atomic E-state index is 12.0. The van der Waals surface area contributed by atoms with E-state index in [1.165, 1.54) is 18.0 Å². The molecule has 1 saturated heterocycles. The standard InChI is InChI=1S/C17H13N3O3S/c21-15-11-24-17(19-15)20-18-10-12-5-4-8-14(9-12)23-16(22)13-6-2-1-3-7-13/h1-10H,11H2,(H,19,20,21). The van der Waals surface area contributed by atoms with E-state index >= 15 is 0 Å². The van der Waals surface area contributed by atoms with Crippen LogP contribution in [0.5, 0.6) is 5.75 Å². The second kappa shape index (κ2) is 7.56. The van der Waals surface area contributed by atoms with Crippen LogP contribution in [0.2, 0.25) is 0 Å². The summed E-state index contributed by atoms with van der Waals surface area (Å²) in [4.78, 5) is 23.1. The van der Waals surface area contributed by atoms with E-state index in [-0.39, 0.29) is 5.91 Å². The molecule has 120 valence electrons. The van der Waals surface area contributed by atoms with Gasteiger partial charge in [0.2, 0.25) is 5.91 Å². The largest absolute Gasteiger partial charge is 0.423 e. The van der Waals surface area contributed by atoms with Gasteiger partial charge in [0.1, 0.15) is 5.75 Å². The van der Waals surface area contributed by atoms with Crippen LogP contribution < -0.4 is 10.1 Å². The summed E-state index contributed by atoms with van der Waals surface area (Å²) >= 11 is 1.30. The number of hydrogen-bond donors (Lipinski definition) is 1. The average molecular weight is 339 g/mol. The highest BCUT2D eigenvalue weighted by Gasteiger charge is 2.15. The molecule has 1 heterocycles. The van der Waals surface area contributed by atoms with Gasteiger partial charge in [-0.2, -0.15) is 5.10 Å². The van der Waals surface area contributed by atoms with Crippen molar-refractivity contribution in [3.8, 4) is 5.75 Å². The normalized spacial score (nSPS) is 15.7. The van der Waals surface area contributed by atoms with E-state index in [9.17, 15) is 9.59 Å². The van der Waals surface area contributed by atoms with Gasteiger partial charge < -0.3 is 10.1 Å². The highest BCUT2D eigenvalue weighted by Crippen LogP contribution is 2.15. The van der Waals surface area contributed by atoms with Gasteiger partial charge in [-0.05, 0) is 29.8 Å². The first-order chi connectivity index (χ1) is 11.7. The Morgan fingerprint density at radius 1 is 1.17 bits per heavy atom. The van der Waals surface area contributed by atoms with E-state index in [1.807, 2.05) is 12.1 Å². The van der Waals surface area contributed by atoms with Crippen molar-refractivity contribution >= 4 is 35.0 Å². The van der Waals surface area contributed by atoms with Gasteiger partial charge in [-0.15, -0.1) is 5.10 Å². The monoisotopic (exact) mass is 339 g/mol. The summed E-state index contributed by atoms with van der Waals surface area (Å²) in [7, 11) is 0. The van der Waals surface area contributed by atoms with Crippen molar-refractivity contribution < 1.29 is 14.3 Å². The molecule has 0 atom stereocenters. The van der Waals surface area contributed by atoms with E-state index in [4.69, 9.17) is 4.74 Å². The molecule has 3 rings (SSSR count). The maximum Gasteiger partial charge on any atom is 0.343 e. The molecule has 2 aromatic carbocycles. The van der Waals surface area contributed by atoms with E-state index in [1.54, 1.807) is 42.5 Å². The van der Waals surface area contributed by atoms with E-state index in [0.29, 0.717) is 22.2 Å². The second-order valence-corrected chi connectivity index (χ2v) is 5.78. The molecule has 1 fully saturated rings. The number of esters is 1. The topological polar surface area (TPSA) is 80.1 Å². The Morgan fingerprint density at radius 3 is 2.75 bits per heavy atom. The number of thioether (sulfide) groups is 1. The molecule has 0 radical (unpaired) electrons. The van der Waals surface area contributed by atoms with Gasteiger partial charge in [0.15, 0.2) is 5.17 Å². The summed E-state index contributed by atoms with van der Waals surface area (Å²) < 4.78 is 5.34. The number of carbonyl (C=O) groups is 2. The molecule has 0 aromatic heterocycles. The maximum atomic E-state index is 12.0. The number of hydrogen-bond acceptors (Lipinski definition) is 6. The Kier molecular flexibility index (Phi) is 5.02. The van der Waals surface area contributed by atoms with Crippen molar-refractivity contribution in [3.05, 3.63) is 65.7 Å². The Hall–Kier alpha value is -2.93. The lowest BCUT2D eigenvalue weighted by Gasteiger charge is -2.04. The predicted octanol–water partition coefficient (Wildman–Crippen LogP) is 2.46. The quantitative estimate of drug-likeness (QED) is 0.402. The van der Waals surface area contributed by atoms with Gasteiger partial charge >= 0.3 is 5.97 Å². The minimum Gasteiger partial charge on any atom is -0.423 e. The predicted molar refractivity (Wildman–Crippen MR) is 93.5 cm³/mol. The van der Waals surface area contributed by atoms with Gasteiger partial charge in [0.05, 0.1) is 17.5 Å². The first-order valence-electron chi connectivity index (χ1n) is 7.12. The fourth-order valence-electron chi connectivity index (χ4n) is 1.93. The molecule has 0 aliphatic carbocycles. The Balaban J connectivity index is 1.66. The zero-order valence-corrected chi connectivity index (χ0v) is 13.3. The van der Waals surface area contributed by atoms with Crippen LogP contribution in [-0.4, -0.2) is 29.0 Å². The molecule has 0 unspecified atom stereocenters. The lowest BCUT2D eigenvalue weighted by atomic mass is 10.2. The molecule has 0 bridgehead atoms. The summed E-state index contributed by atoms with van der Waals surface area (Å²) in [5.74, 6) is 0.280. The third kappa shape index (κ3) is 4.30. The van der Waals surface area contributed by atoms with Gasteiger partial charge in [0.25, 0.3) is 0 Å². The fourth-order valence-corrected chi connectivity index (χ4v) is 2.56. The van der Waals surface area contributed by atoms with E-state index in [2.05, 4.69) is 15.5 Å². The van der Waals surface area contributed by atoms with Crippen LogP contribution >= 0.6 is 11.8 Å². The number of amidine groups is 1. The van der Waals surface area contributed by atoms with E-state index in [0.717, 1.165) is 5.56 Å². The number of nitrogens with zero attached hydrogens (tertiary/aromatic N) is 2. The van der Waals surface area contributed by atoms with Crippen molar-refractivity contribution in [1.29, 1.82) is 0 Å². The van der Waals surface area contributed by atoms with Crippen LogP contribution in [0.3, 0.4) is 0 Å². The first-order valence-corrected chi connectivity index (χ1v) is 8.10. The van der Waals surface area contributed by atoms with Crippen LogP contribution in [0.1, 0.15) is 15.9 Å². The molecule has 2 aromatic rings. The van der Waals surface area contributed by atoms with Crippen LogP contribution in [0.15, 0.2) is 64.8 Å². The van der Waals surface area contributed by atoms with Crippen molar-refractivity contribution in [2.75, 3.05) is 5.75 Å². The summed E-state index contributed by atoms with van der Waals surface area (Å²) in [6.07, 6.45) is 1.53. The van der Waals surface area contributed by atoms with E-state index < -0.39 is 5.97 Å². The molecular formula is C17H13N3O3S. The summed E-state index contributed by atoms with van der Waals surface area (Å²) in [6.45, 7) is 0. The van der Waals surface area contributed by atoms with Gasteiger partial charge in [-0.1, -0.05) is 42.1 Å². The van der Waals surface area contributed by atoms with Crippen molar-refractivity contribution in [2.24, 2.45) is 10.2 Å². The molecular weight excluding hydrogens is 326 g/mol. The smallest absolute Gasteiger partial charge is 0.343 e. The number of benzene rings is 2.